The van der Waals surface area contributed by atoms with Crippen molar-refractivity contribution in [1.29, 1.82) is 0 Å². The van der Waals surface area contributed by atoms with Crippen LogP contribution in [0.5, 0.6) is 0 Å². The molecule has 0 aliphatic rings. The highest BCUT2D eigenvalue weighted by molar-refractivity contribution is 14.1. The van der Waals surface area contributed by atoms with Gasteiger partial charge in [0.25, 0.3) is 0 Å². The second kappa shape index (κ2) is 6.01. The molecule has 2 rings (SSSR count). The predicted molar refractivity (Wildman–Crippen MR) is 78.8 cm³/mol. The van der Waals surface area contributed by atoms with E-state index in [1.54, 1.807) is 0 Å². The lowest BCUT2D eigenvalue weighted by Crippen LogP contribution is -2.12. The molecule has 16 heavy (non-hydrogen) atoms. The Labute approximate surface area is 110 Å². The summed E-state index contributed by atoms with van der Waals surface area (Å²) in [5.74, 6) is 0. The van der Waals surface area contributed by atoms with Crippen LogP contribution in [0.15, 0.2) is 52.6 Å². The highest BCUT2D eigenvalue weighted by Gasteiger charge is 1.98. The Morgan fingerprint density at radius 3 is 2.75 bits per heavy atom. The van der Waals surface area contributed by atoms with Crippen LogP contribution in [0.2, 0.25) is 0 Å². The molecule has 0 heterocycles. The molecule has 0 unspecified atom stereocenters. The molecule has 0 atom stereocenters. The molecule has 0 spiro atoms. The topological polar surface area (TPSA) is 12.0 Å². The van der Waals surface area contributed by atoms with Crippen molar-refractivity contribution in [3.05, 3.63) is 58.2 Å². The van der Waals surface area contributed by atoms with E-state index >= 15 is 0 Å². The molecule has 0 fully saturated rings. The molecule has 82 valence electrons. The monoisotopic (exact) mass is 323 g/mol. The first-order chi connectivity index (χ1) is 7.92. The molecular formula is C14H14IN. The van der Waals surface area contributed by atoms with Gasteiger partial charge in [0, 0.05) is 13.1 Å². The maximum Gasteiger partial charge on any atom is 0.0214 e. The van der Waals surface area contributed by atoms with E-state index in [1.165, 1.54) is 16.3 Å². The summed E-state index contributed by atoms with van der Waals surface area (Å²) < 4.78 is 2.04. The van der Waals surface area contributed by atoms with Gasteiger partial charge in [-0.25, -0.2) is 0 Å². The summed E-state index contributed by atoms with van der Waals surface area (Å²) in [5, 5.41) is 6.06. The van der Waals surface area contributed by atoms with E-state index in [0.717, 1.165) is 13.1 Å². The van der Waals surface area contributed by atoms with Gasteiger partial charge in [0.1, 0.15) is 0 Å². The average molecular weight is 323 g/mol. The van der Waals surface area contributed by atoms with Gasteiger partial charge in [-0.3, -0.25) is 0 Å². The van der Waals surface area contributed by atoms with E-state index in [9.17, 15) is 0 Å². The predicted octanol–water partition coefficient (Wildman–Crippen LogP) is 3.88. The van der Waals surface area contributed by atoms with Crippen LogP contribution in [0.3, 0.4) is 0 Å². The van der Waals surface area contributed by atoms with Gasteiger partial charge in [-0.15, -0.1) is 0 Å². The number of halogens is 1. The summed E-state index contributed by atoms with van der Waals surface area (Å²) in [6.07, 6.45) is 2.12. The fraction of sp³-hybridized carbons (Fsp3) is 0.143. The fourth-order valence-corrected chi connectivity index (χ4v) is 2.04. The van der Waals surface area contributed by atoms with Crippen LogP contribution in [-0.4, -0.2) is 6.54 Å². The summed E-state index contributed by atoms with van der Waals surface area (Å²) in [6.45, 7) is 1.84. The van der Waals surface area contributed by atoms with Gasteiger partial charge in [0.2, 0.25) is 0 Å². The van der Waals surface area contributed by atoms with Crippen molar-refractivity contribution >= 4 is 33.4 Å². The van der Waals surface area contributed by atoms with Gasteiger partial charge >= 0.3 is 0 Å². The summed E-state index contributed by atoms with van der Waals surface area (Å²) in [5.41, 5.74) is 1.36. The van der Waals surface area contributed by atoms with Crippen molar-refractivity contribution in [2.45, 2.75) is 6.54 Å². The molecular weight excluding hydrogens is 309 g/mol. The largest absolute Gasteiger partial charge is 0.309 e. The quantitative estimate of drug-likeness (QED) is 0.665. The molecule has 0 radical (unpaired) electrons. The highest BCUT2D eigenvalue weighted by Crippen LogP contribution is 2.17. The van der Waals surface area contributed by atoms with E-state index in [-0.39, 0.29) is 0 Å². The number of hydrogen-bond donors (Lipinski definition) is 1. The van der Waals surface area contributed by atoms with Crippen molar-refractivity contribution in [1.82, 2.24) is 5.32 Å². The standard InChI is InChI=1S/C14H14IN/c15-9-4-10-16-11-13-7-3-6-12-5-1-2-8-14(12)13/h1-9,16H,10-11H2/b9-4+. The number of hydrogen-bond acceptors (Lipinski definition) is 1. The molecule has 1 N–H and O–H groups in total. The van der Waals surface area contributed by atoms with E-state index in [1.807, 2.05) is 4.08 Å². The van der Waals surface area contributed by atoms with Gasteiger partial charge in [0.15, 0.2) is 0 Å². The zero-order valence-corrected chi connectivity index (χ0v) is 11.1. The van der Waals surface area contributed by atoms with Crippen molar-refractivity contribution in [2.75, 3.05) is 6.54 Å². The van der Waals surface area contributed by atoms with Gasteiger partial charge in [-0.05, 0) is 20.4 Å². The third-order valence-corrected chi connectivity index (χ3v) is 3.06. The van der Waals surface area contributed by atoms with Crippen LogP contribution in [0.25, 0.3) is 10.8 Å². The number of nitrogens with one attached hydrogen (secondary N) is 1. The maximum absolute atomic E-state index is 3.40. The lowest BCUT2D eigenvalue weighted by atomic mass is 10.0. The van der Waals surface area contributed by atoms with Crippen molar-refractivity contribution in [2.24, 2.45) is 0 Å². The Morgan fingerprint density at radius 2 is 1.88 bits per heavy atom. The third-order valence-electron chi connectivity index (χ3n) is 2.55. The second-order valence-electron chi connectivity index (χ2n) is 3.63. The molecule has 0 amide bonds. The Balaban J connectivity index is 2.17. The number of rotatable bonds is 4. The van der Waals surface area contributed by atoms with Crippen LogP contribution in [0, 0.1) is 0 Å². The molecule has 1 nitrogen and oxygen atoms in total. The minimum absolute atomic E-state index is 0.919. The molecule has 2 aromatic rings. The lowest BCUT2D eigenvalue weighted by Gasteiger charge is -2.06. The minimum atomic E-state index is 0.919. The Bertz CT molecular complexity index is 486. The summed E-state index contributed by atoms with van der Waals surface area (Å²) in [6, 6.07) is 15.0. The molecule has 0 aromatic heterocycles. The first-order valence-electron chi connectivity index (χ1n) is 5.34. The second-order valence-corrected chi connectivity index (χ2v) is 4.35. The SMILES string of the molecule is I/C=C/CNCc1cccc2ccccc12. The van der Waals surface area contributed by atoms with Crippen molar-refractivity contribution in [3.8, 4) is 0 Å². The van der Waals surface area contributed by atoms with Gasteiger partial charge in [-0.1, -0.05) is 71.1 Å². The zero-order valence-electron chi connectivity index (χ0n) is 8.99. The van der Waals surface area contributed by atoms with E-state index < -0.39 is 0 Å². The van der Waals surface area contributed by atoms with Crippen LogP contribution < -0.4 is 5.32 Å². The maximum atomic E-state index is 3.40. The fourth-order valence-electron chi connectivity index (χ4n) is 1.78. The lowest BCUT2D eigenvalue weighted by molar-refractivity contribution is 0.765. The van der Waals surface area contributed by atoms with E-state index in [4.69, 9.17) is 0 Å². The Hall–Kier alpha value is -0.870. The Morgan fingerprint density at radius 1 is 1.06 bits per heavy atom. The summed E-state index contributed by atoms with van der Waals surface area (Å²) in [7, 11) is 0. The number of fused-ring (bicyclic) bond motifs is 1. The van der Waals surface area contributed by atoms with Crippen LogP contribution in [0.4, 0.5) is 0 Å². The first-order valence-corrected chi connectivity index (χ1v) is 6.59. The minimum Gasteiger partial charge on any atom is -0.309 e. The summed E-state index contributed by atoms with van der Waals surface area (Å²) >= 11 is 2.24. The number of benzene rings is 2. The smallest absolute Gasteiger partial charge is 0.0214 e. The van der Waals surface area contributed by atoms with Crippen LogP contribution in [0.1, 0.15) is 5.56 Å². The molecule has 0 bridgehead atoms. The average Bonchev–Trinajstić information content (AvgIpc) is 2.35. The van der Waals surface area contributed by atoms with Gasteiger partial charge in [0.05, 0.1) is 0 Å². The molecule has 0 saturated heterocycles. The zero-order chi connectivity index (χ0) is 11.2. The highest BCUT2D eigenvalue weighted by atomic mass is 127. The van der Waals surface area contributed by atoms with E-state index in [0.29, 0.717) is 0 Å². The third kappa shape index (κ3) is 2.83. The van der Waals surface area contributed by atoms with Crippen molar-refractivity contribution < 1.29 is 0 Å². The van der Waals surface area contributed by atoms with E-state index in [2.05, 4.69) is 76.4 Å². The molecule has 0 aliphatic carbocycles. The van der Waals surface area contributed by atoms with Crippen LogP contribution in [-0.2, 0) is 6.54 Å². The molecule has 2 heteroatoms. The first kappa shape index (κ1) is 11.6. The molecule has 2 aromatic carbocycles. The van der Waals surface area contributed by atoms with Gasteiger partial charge in [-0.2, -0.15) is 0 Å². The van der Waals surface area contributed by atoms with Crippen LogP contribution >= 0.6 is 22.6 Å². The van der Waals surface area contributed by atoms with Gasteiger partial charge < -0.3 is 5.32 Å². The summed E-state index contributed by atoms with van der Waals surface area (Å²) in [4.78, 5) is 0. The molecule has 0 saturated carbocycles. The normalized spacial score (nSPS) is 11.3. The Kier molecular flexibility index (Phi) is 4.36. The van der Waals surface area contributed by atoms with Crippen molar-refractivity contribution in [3.63, 3.8) is 0 Å². The molecule has 0 aliphatic heterocycles.